The van der Waals surface area contributed by atoms with Crippen LogP contribution >= 0.6 is 0 Å². The van der Waals surface area contributed by atoms with Crippen LogP contribution in [0.25, 0.3) is 0 Å². The molecule has 1 aromatic heterocycles. The van der Waals surface area contributed by atoms with Crippen LogP contribution in [0, 0.1) is 11.8 Å². The van der Waals surface area contributed by atoms with E-state index in [1.165, 1.54) is 25.7 Å². The zero-order chi connectivity index (χ0) is 14.7. The van der Waals surface area contributed by atoms with Gasteiger partial charge in [0.05, 0.1) is 0 Å². The Kier molecular flexibility index (Phi) is 4.58. The Morgan fingerprint density at radius 1 is 1.10 bits per heavy atom. The van der Waals surface area contributed by atoms with Crippen molar-refractivity contribution in [2.45, 2.75) is 44.9 Å². The van der Waals surface area contributed by atoms with Crippen LogP contribution in [0.5, 0.6) is 0 Å². The monoisotopic (exact) mass is 290 g/mol. The van der Waals surface area contributed by atoms with Crippen molar-refractivity contribution in [1.29, 1.82) is 0 Å². The molecule has 2 aliphatic carbocycles. The van der Waals surface area contributed by atoms with E-state index >= 15 is 0 Å². The highest BCUT2D eigenvalue weighted by Crippen LogP contribution is 2.39. The molecule has 5 heteroatoms. The molecule has 0 amide bonds. The highest BCUT2D eigenvalue weighted by Gasteiger charge is 2.28. The average Bonchev–Trinajstić information content (AvgIpc) is 3.24. The zero-order valence-corrected chi connectivity index (χ0v) is 12.8. The summed E-state index contributed by atoms with van der Waals surface area (Å²) in [5.41, 5.74) is 0. The second kappa shape index (κ2) is 6.60. The van der Waals surface area contributed by atoms with E-state index in [2.05, 4.69) is 27.5 Å². The van der Waals surface area contributed by atoms with E-state index in [1.54, 1.807) is 0 Å². The molecule has 2 fully saturated rings. The van der Waals surface area contributed by atoms with Crippen LogP contribution in [-0.2, 0) is 0 Å². The molecule has 0 radical (unpaired) electrons. The number of anilines is 2. The lowest BCUT2D eigenvalue weighted by molar-refractivity contribution is 0.199. The molecule has 0 aliphatic heterocycles. The number of rotatable bonds is 7. The third-order valence-electron chi connectivity index (χ3n) is 4.64. The van der Waals surface area contributed by atoms with Crippen molar-refractivity contribution in [3.8, 4) is 0 Å². The quantitative estimate of drug-likeness (QED) is 0.720. The largest absolute Gasteiger partial charge is 0.396 e. The molecule has 0 saturated heterocycles. The van der Waals surface area contributed by atoms with Crippen molar-refractivity contribution in [1.82, 2.24) is 9.97 Å². The van der Waals surface area contributed by atoms with Crippen molar-refractivity contribution in [2.24, 2.45) is 11.8 Å². The minimum atomic E-state index is 0.312. The van der Waals surface area contributed by atoms with Crippen LogP contribution in [0.2, 0.25) is 0 Å². The fraction of sp³-hybridized carbons (Fsp3) is 0.750. The maximum atomic E-state index is 9.41. The van der Waals surface area contributed by atoms with Gasteiger partial charge in [0.25, 0.3) is 0 Å². The fourth-order valence-electron chi connectivity index (χ4n) is 3.21. The van der Waals surface area contributed by atoms with Gasteiger partial charge >= 0.3 is 0 Å². The van der Waals surface area contributed by atoms with Gasteiger partial charge in [0.2, 0.25) is 0 Å². The second-order valence-corrected chi connectivity index (χ2v) is 6.32. The fourth-order valence-corrected chi connectivity index (χ4v) is 3.21. The first-order valence-electron chi connectivity index (χ1n) is 8.27. The van der Waals surface area contributed by atoms with Crippen LogP contribution in [0.15, 0.2) is 6.07 Å². The first-order chi connectivity index (χ1) is 10.3. The number of aromatic nitrogens is 2. The van der Waals surface area contributed by atoms with Crippen molar-refractivity contribution < 1.29 is 5.11 Å². The Morgan fingerprint density at radius 3 is 2.48 bits per heavy atom. The van der Waals surface area contributed by atoms with Crippen molar-refractivity contribution >= 4 is 11.6 Å². The first kappa shape index (κ1) is 14.6. The summed E-state index contributed by atoms with van der Waals surface area (Å²) >= 11 is 0. The van der Waals surface area contributed by atoms with Gasteiger partial charge in [0, 0.05) is 31.7 Å². The molecule has 2 unspecified atom stereocenters. The Labute approximate surface area is 126 Å². The van der Waals surface area contributed by atoms with Gasteiger partial charge in [-0.05, 0) is 44.4 Å². The number of aliphatic hydroxyl groups excluding tert-OH is 1. The molecule has 3 N–H and O–H groups in total. The van der Waals surface area contributed by atoms with Gasteiger partial charge in [-0.2, -0.15) is 0 Å². The zero-order valence-electron chi connectivity index (χ0n) is 12.8. The Morgan fingerprint density at radius 2 is 1.81 bits per heavy atom. The molecule has 0 bridgehead atoms. The molecule has 2 aliphatic rings. The maximum absolute atomic E-state index is 9.41. The van der Waals surface area contributed by atoms with Crippen LogP contribution in [-0.4, -0.2) is 34.8 Å². The van der Waals surface area contributed by atoms with E-state index < -0.39 is 0 Å². The Hall–Kier alpha value is -1.36. The highest BCUT2D eigenvalue weighted by atomic mass is 16.3. The molecule has 2 atom stereocenters. The smallest absolute Gasteiger partial charge is 0.136 e. The third-order valence-corrected chi connectivity index (χ3v) is 4.64. The lowest BCUT2D eigenvalue weighted by Gasteiger charge is -2.18. The molecule has 2 saturated carbocycles. The summed E-state index contributed by atoms with van der Waals surface area (Å²) in [5.74, 6) is 4.39. The lowest BCUT2D eigenvalue weighted by atomic mass is 9.97. The molecule has 0 spiro atoms. The second-order valence-electron chi connectivity index (χ2n) is 6.32. The number of hydrogen-bond donors (Lipinski definition) is 3. The van der Waals surface area contributed by atoms with E-state index in [1.807, 2.05) is 6.07 Å². The van der Waals surface area contributed by atoms with Gasteiger partial charge in [-0.3, -0.25) is 0 Å². The van der Waals surface area contributed by atoms with Crippen LogP contribution in [0.4, 0.5) is 11.6 Å². The molecule has 0 aromatic carbocycles. The van der Waals surface area contributed by atoms with Gasteiger partial charge < -0.3 is 15.7 Å². The van der Waals surface area contributed by atoms with Crippen LogP contribution in [0.3, 0.4) is 0 Å². The molecule has 1 aromatic rings. The molecule has 116 valence electrons. The number of hydrogen-bond acceptors (Lipinski definition) is 5. The number of nitrogens with one attached hydrogen (secondary N) is 2. The topological polar surface area (TPSA) is 70.1 Å². The average molecular weight is 290 g/mol. The number of aliphatic hydroxyl groups is 1. The van der Waals surface area contributed by atoms with Crippen molar-refractivity contribution in [3.05, 3.63) is 11.9 Å². The van der Waals surface area contributed by atoms with Gasteiger partial charge in [-0.15, -0.1) is 0 Å². The lowest BCUT2D eigenvalue weighted by Crippen LogP contribution is -2.21. The summed E-state index contributed by atoms with van der Waals surface area (Å²) < 4.78 is 0. The van der Waals surface area contributed by atoms with Gasteiger partial charge in [-0.1, -0.05) is 6.42 Å². The first-order valence-corrected chi connectivity index (χ1v) is 8.27. The third kappa shape index (κ3) is 3.64. The Balaban J connectivity index is 1.66. The summed E-state index contributed by atoms with van der Waals surface area (Å²) in [4.78, 5) is 9.26. The molecular formula is C16H26N4O. The minimum Gasteiger partial charge on any atom is -0.396 e. The molecule has 21 heavy (non-hydrogen) atoms. The summed E-state index contributed by atoms with van der Waals surface area (Å²) in [7, 11) is 0. The normalized spacial score (nSPS) is 25.0. The molecule has 1 heterocycles. The maximum Gasteiger partial charge on any atom is 0.136 e. The predicted octanol–water partition coefficient (Wildman–Crippen LogP) is 2.61. The van der Waals surface area contributed by atoms with Crippen LogP contribution in [0.1, 0.15) is 50.8 Å². The van der Waals surface area contributed by atoms with E-state index in [0.29, 0.717) is 24.4 Å². The molecule has 5 nitrogen and oxygen atoms in total. The van der Waals surface area contributed by atoms with Gasteiger partial charge in [0.1, 0.15) is 17.5 Å². The number of nitrogens with zero attached hydrogens (tertiary/aromatic N) is 2. The van der Waals surface area contributed by atoms with E-state index in [0.717, 1.165) is 37.0 Å². The Bertz CT molecular complexity index is 475. The summed E-state index contributed by atoms with van der Waals surface area (Å²) in [5, 5.41) is 16.2. The van der Waals surface area contributed by atoms with Crippen molar-refractivity contribution in [2.75, 3.05) is 30.3 Å². The standard InChI is InChI=1S/C16H26N4O/c1-2-17-14-8-15(20-16(19-14)11-6-7-11)18-9-12-4-3-5-13(12)10-21/h8,11-13,21H,2-7,9-10H2,1H3,(H2,17,18,19,20). The predicted molar refractivity (Wildman–Crippen MR) is 84.6 cm³/mol. The van der Waals surface area contributed by atoms with E-state index in [4.69, 9.17) is 0 Å². The van der Waals surface area contributed by atoms with Crippen molar-refractivity contribution in [3.63, 3.8) is 0 Å². The SMILES string of the molecule is CCNc1cc(NCC2CCCC2CO)nc(C2CC2)n1. The summed E-state index contributed by atoms with van der Waals surface area (Å²) in [6.07, 6.45) is 6.02. The van der Waals surface area contributed by atoms with Gasteiger partial charge in [0.15, 0.2) is 0 Å². The van der Waals surface area contributed by atoms with Gasteiger partial charge in [-0.25, -0.2) is 9.97 Å². The van der Waals surface area contributed by atoms with E-state index in [9.17, 15) is 5.11 Å². The summed E-state index contributed by atoms with van der Waals surface area (Å²) in [6.45, 7) is 4.16. The molecular weight excluding hydrogens is 264 g/mol. The summed E-state index contributed by atoms with van der Waals surface area (Å²) in [6, 6.07) is 2.00. The minimum absolute atomic E-state index is 0.312. The molecule has 3 rings (SSSR count). The highest BCUT2D eigenvalue weighted by molar-refractivity contribution is 5.48. The van der Waals surface area contributed by atoms with E-state index in [-0.39, 0.29) is 0 Å². The van der Waals surface area contributed by atoms with Crippen LogP contribution < -0.4 is 10.6 Å².